The van der Waals surface area contributed by atoms with E-state index < -0.39 is 6.16 Å². The van der Waals surface area contributed by atoms with Crippen LogP contribution in [0.1, 0.15) is 65.2 Å². The van der Waals surface area contributed by atoms with E-state index in [-0.39, 0.29) is 12.2 Å². The highest BCUT2D eigenvalue weighted by molar-refractivity contribution is 5.60. The summed E-state index contributed by atoms with van der Waals surface area (Å²) in [4.78, 5) is 11.8. The van der Waals surface area contributed by atoms with Crippen LogP contribution >= 0.6 is 0 Å². The molecule has 0 saturated heterocycles. The van der Waals surface area contributed by atoms with Crippen LogP contribution in [0.2, 0.25) is 0 Å². The monoisotopic (exact) mass is 254 g/mol. The Labute approximate surface area is 110 Å². The summed E-state index contributed by atoms with van der Waals surface area (Å²) < 4.78 is 11.0. The molecule has 3 nitrogen and oxygen atoms in total. The molecule has 0 amide bonds. The number of carbonyl (C=O) groups is 1. The third-order valence-electron chi connectivity index (χ3n) is 4.56. The highest BCUT2D eigenvalue weighted by Gasteiger charge is 2.29. The molecule has 0 N–H and O–H groups in total. The normalized spacial score (nSPS) is 37.0. The predicted molar refractivity (Wildman–Crippen MR) is 70.4 cm³/mol. The SMILES string of the molecule is C[C@H]1CCCC[C@H]1OC(=O)O[C@@H]1CCCC[C@@H]1C. The van der Waals surface area contributed by atoms with Crippen molar-refractivity contribution in [1.29, 1.82) is 0 Å². The zero-order chi connectivity index (χ0) is 13.0. The first-order valence-corrected chi connectivity index (χ1v) is 7.54. The summed E-state index contributed by atoms with van der Waals surface area (Å²) in [5, 5.41) is 0. The van der Waals surface area contributed by atoms with Gasteiger partial charge in [-0.15, -0.1) is 0 Å². The van der Waals surface area contributed by atoms with Crippen LogP contribution in [0.3, 0.4) is 0 Å². The average Bonchev–Trinajstić information content (AvgIpc) is 2.35. The summed E-state index contributed by atoms with van der Waals surface area (Å²) in [6.07, 6.45) is 8.89. The van der Waals surface area contributed by atoms with Crippen LogP contribution in [-0.2, 0) is 9.47 Å². The molecule has 0 spiro atoms. The van der Waals surface area contributed by atoms with Crippen molar-refractivity contribution >= 4 is 6.16 Å². The van der Waals surface area contributed by atoms with Crippen LogP contribution in [0.25, 0.3) is 0 Å². The molecule has 0 radical (unpaired) electrons. The first kappa shape index (κ1) is 13.7. The summed E-state index contributed by atoms with van der Waals surface area (Å²) >= 11 is 0. The van der Waals surface area contributed by atoms with Crippen LogP contribution in [0.4, 0.5) is 4.79 Å². The van der Waals surface area contributed by atoms with Crippen molar-refractivity contribution in [2.45, 2.75) is 77.4 Å². The third kappa shape index (κ3) is 3.63. The molecule has 3 heteroatoms. The fourth-order valence-corrected chi connectivity index (χ4v) is 3.19. The molecule has 0 aromatic rings. The fourth-order valence-electron chi connectivity index (χ4n) is 3.19. The molecule has 0 aromatic heterocycles. The van der Waals surface area contributed by atoms with Crippen molar-refractivity contribution in [3.05, 3.63) is 0 Å². The Balaban J connectivity index is 1.77. The minimum absolute atomic E-state index is 0.0742. The molecule has 2 aliphatic carbocycles. The van der Waals surface area contributed by atoms with Gasteiger partial charge in [0.1, 0.15) is 12.2 Å². The molecule has 0 aliphatic heterocycles. The lowest BCUT2D eigenvalue weighted by Gasteiger charge is -2.31. The van der Waals surface area contributed by atoms with Gasteiger partial charge in [-0.25, -0.2) is 4.79 Å². The maximum Gasteiger partial charge on any atom is 0.508 e. The Bertz CT molecular complexity index is 251. The summed E-state index contributed by atoms with van der Waals surface area (Å²) in [5.41, 5.74) is 0. The van der Waals surface area contributed by atoms with Crippen LogP contribution in [0.5, 0.6) is 0 Å². The van der Waals surface area contributed by atoms with E-state index in [0.29, 0.717) is 11.8 Å². The van der Waals surface area contributed by atoms with Crippen molar-refractivity contribution in [2.24, 2.45) is 11.8 Å². The minimum Gasteiger partial charge on any atom is -0.431 e. The van der Waals surface area contributed by atoms with Crippen LogP contribution in [0.15, 0.2) is 0 Å². The number of ether oxygens (including phenoxy) is 2. The Morgan fingerprint density at radius 3 is 1.56 bits per heavy atom. The highest BCUT2D eigenvalue weighted by Crippen LogP contribution is 2.29. The molecule has 0 bridgehead atoms. The zero-order valence-electron chi connectivity index (χ0n) is 11.7. The molecular formula is C15H26O3. The van der Waals surface area contributed by atoms with Gasteiger partial charge >= 0.3 is 6.16 Å². The average molecular weight is 254 g/mol. The summed E-state index contributed by atoms with van der Waals surface area (Å²) in [7, 11) is 0. The molecule has 2 fully saturated rings. The smallest absolute Gasteiger partial charge is 0.431 e. The summed E-state index contributed by atoms with van der Waals surface area (Å²) in [6.45, 7) is 4.33. The lowest BCUT2D eigenvalue weighted by atomic mass is 9.88. The Kier molecular flexibility index (Phi) is 4.90. The first-order chi connectivity index (χ1) is 8.66. The minimum atomic E-state index is -0.437. The van der Waals surface area contributed by atoms with E-state index in [1.807, 2.05) is 0 Å². The molecule has 0 aromatic carbocycles. The number of carbonyl (C=O) groups excluding carboxylic acids is 1. The second-order valence-corrected chi connectivity index (χ2v) is 6.09. The van der Waals surface area contributed by atoms with Gasteiger partial charge in [-0.3, -0.25) is 0 Å². The van der Waals surface area contributed by atoms with E-state index >= 15 is 0 Å². The van der Waals surface area contributed by atoms with Crippen molar-refractivity contribution in [1.82, 2.24) is 0 Å². The highest BCUT2D eigenvalue weighted by atomic mass is 16.7. The van der Waals surface area contributed by atoms with E-state index in [9.17, 15) is 4.79 Å². The Morgan fingerprint density at radius 1 is 0.778 bits per heavy atom. The molecule has 2 rings (SSSR count). The van der Waals surface area contributed by atoms with Gasteiger partial charge in [0, 0.05) is 0 Å². The van der Waals surface area contributed by atoms with Crippen molar-refractivity contribution in [3.8, 4) is 0 Å². The van der Waals surface area contributed by atoms with E-state index in [2.05, 4.69) is 13.8 Å². The molecule has 0 unspecified atom stereocenters. The van der Waals surface area contributed by atoms with E-state index in [1.54, 1.807) is 0 Å². The topological polar surface area (TPSA) is 35.5 Å². The second-order valence-electron chi connectivity index (χ2n) is 6.09. The standard InChI is InChI=1S/C15H26O3/c1-11-7-3-5-9-13(11)17-15(16)18-14-10-6-4-8-12(14)2/h11-14H,3-10H2,1-2H3/t11-,12-,13+,14+/m0/s1. The van der Waals surface area contributed by atoms with Crippen LogP contribution in [0, 0.1) is 11.8 Å². The van der Waals surface area contributed by atoms with Crippen molar-refractivity contribution in [3.63, 3.8) is 0 Å². The van der Waals surface area contributed by atoms with Crippen LogP contribution in [-0.4, -0.2) is 18.4 Å². The predicted octanol–water partition coefficient (Wildman–Crippen LogP) is 4.30. The third-order valence-corrected chi connectivity index (χ3v) is 4.56. The summed E-state index contributed by atoms with van der Waals surface area (Å²) in [6, 6.07) is 0. The molecular weight excluding hydrogens is 228 g/mol. The van der Waals surface area contributed by atoms with E-state index in [4.69, 9.17) is 9.47 Å². The molecule has 2 aliphatic rings. The van der Waals surface area contributed by atoms with Gasteiger partial charge in [0.25, 0.3) is 0 Å². The van der Waals surface area contributed by atoms with Gasteiger partial charge in [-0.1, -0.05) is 26.7 Å². The van der Waals surface area contributed by atoms with Crippen molar-refractivity contribution < 1.29 is 14.3 Å². The van der Waals surface area contributed by atoms with Crippen molar-refractivity contribution in [2.75, 3.05) is 0 Å². The lowest BCUT2D eigenvalue weighted by molar-refractivity contribution is -0.0445. The van der Waals surface area contributed by atoms with Gasteiger partial charge in [0.05, 0.1) is 0 Å². The Hall–Kier alpha value is -0.730. The number of hydrogen-bond donors (Lipinski definition) is 0. The van der Waals surface area contributed by atoms with E-state index in [0.717, 1.165) is 25.7 Å². The number of rotatable bonds is 2. The first-order valence-electron chi connectivity index (χ1n) is 7.54. The van der Waals surface area contributed by atoms with Gasteiger partial charge in [-0.2, -0.15) is 0 Å². The quantitative estimate of drug-likeness (QED) is 0.689. The fraction of sp³-hybridized carbons (Fsp3) is 0.933. The van der Waals surface area contributed by atoms with Gasteiger partial charge in [0.2, 0.25) is 0 Å². The molecule has 4 atom stereocenters. The molecule has 104 valence electrons. The number of hydrogen-bond acceptors (Lipinski definition) is 3. The van der Waals surface area contributed by atoms with Gasteiger partial charge in [-0.05, 0) is 50.4 Å². The van der Waals surface area contributed by atoms with Crippen LogP contribution < -0.4 is 0 Å². The lowest BCUT2D eigenvalue weighted by Crippen LogP contribution is -2.33. The second kappa shape index (κ2) is 6.44. The summed E-state index contributed by atoms with van der Waals surface area (Å²) in [5.74, 6) is 0.963. The van der Waals surface area contributed by atoms with E-state index in [1.165, 1.54) is 25.7 Å². The maximum absolute atomic E-state index is 11.8. The van der Waals surface area contributed by atoms with Gasteiger partial charge in [0.15, 0.2) is 0 Å². The maximum atomic E-state index is 11.8. The molecule has 18 heavy (non-hydrogen) atoms. The Morgan fingerprint density at radius 2 is 1.17 bits per heavy atom. The largest absolute Gasteiger partial charge is 0.508 e. The zero-order valence-corrected chi connectivity index (χ0v) is 11.7. The van der Waals surface area contributed by atoms with Gasteiger partial charge < -0.3 is 9.47 Å². The molecule has 2 saturated carbocycles. The molecule has 0 heterocycles.